The van der Waals surface area contributed by atoms with Crippen LogP contribution in [0.15, 0.2) is 16.8 Å². The van der Waals surface area contributed by atoms with Gasteiger partial charge in [-0.05, 0) is 11.4 Å². The maximum Gasteiger partial charge on any atom is 0.246 e. The van der Waals surface area contributed by atoms with Gasteiger partial charge < -0.3 is 10.2 Å². The summed E-state index contributed by atoms with van der Waals surface area (Å²) in [7, 11) is 0. The molecule has 0 bridgehead atoms. The molecular formula is C9H10N2O2S. The lowest BCUT2D eigenvalue weighted by Gasteiger charge is -2.17. The average Bonchev–Trinajstić information content (AvgIpc) is 2.63. The molecule has 0 aliphatic carbocycles. The molecule has 1 N–H and O–H groups in total. The normalized spacial score (nSPS) is 17.9. The van der Waals surface area contributed by atoms with E-state index in [0.717, 1.165) is 5.69 Å². The molecule has 1 aliphatic heterocycles. The summed E-state index contributed by atoms with van der Waals surface area (Å²) in [5, 5.41) is 6.39. The van der Waals surface area contributed by atoms with Crippen molar-refractivity contribution in [1.82, 2.24) is 5.32 Å². The minimum Gasteiger partial charge on any atom is -0.347 e. The number of carbonyl (C=O) groups excluding carboxylic acids is 2. The topological polar surface area (TPSA) is 49.4 Å². The van der Waals surface area contributed by atoms with E-state index >= 15 is 0 Å². The molecular weight excluding hydrogens is 200 g/mol. The molecule has 0 aromatic carbocycles. The molecule has 1 aliphatic rings. The standard InChI is InChI=1S/C9H10N2O2S/c12-8-1-3-11(9(13)5-10-8)7-2-4-14-6-7/h2,4,6H,1,3,5H2,(H,10,12). The Morgan fingerprint density at radius 3 is 3.00 bits per heavy atom. The highest BCUT2D eigenvalue weighted by Crippen LogP contribution is 2.19. The third-order valence-corrected chi connectivity index (χ3v) is 2.79. The van der Waals surface area contributed by atoms with Crippen molar-refractivity contribution in [3.63, 3.8) is 0 Å². The quantitative estimate of drug-likeness (QED) is 0.738. The van der Waals surface area contributed by atoms with E-state index in [1.165, 1.54) is 0 Å². The Labute approximate surface area is 85.5 Å². The highest BCUT2D eigenvalue weighted by Gasteiger charge is 2.21. The molecule has 2 amide bonds. The molecule has 0 radical (unpaired) electrons. The van der Waals surface area contributed by atoms with Crippen LogP contribution in [0, 0.1) is 0 Å². The molecule has 14 heavy (non-hydrogen) atoms. The van der Waals surface area contributed by atoms with Gasteiger partial charge in [-0.25, -0.2) is 0 Å². The smallest absolute Gasteiger partial charge is 0.246 e. The van der Waals surface area contributed by atoms with E-state index in [-0.39, 0.29) is 18.4 Å². The second-order valence-corrected chi connectivity index (χ2v) is 3.83. The number of nitrogens with zero attached hydrogens (tertiary/aromatic N) is 1. The summed E-state index contributed by atoms with van der Waals surface area (Å²) in [6.45, 7) is 0.579. The van der Waals surface area contributed by atoms with Gasteiger partial charge in [0.15, 0.2) is 0 Å². The molecule has 0 atom stereocenters. The van der Waals surface area contributed by atoms with E-state index in [9.17, 15) is 9.59 Å². The Morgan fingerprint density at radius 1 is 1.43 bits per heavy atom. The predicted octanol–water partition coefficient (Wildman–Crippen LogP) is 0.601. The van der Waals surface area contributed by atoms with Crippen molar-refractivity contribution < 1.29 is 9.59 Å². The molecule has 1 fully saturated rings. The number of thiophene rings is 1. The molecule has 1 saturated heterocycles. The predicted molar refractivity (Wildman–Crippen MR) is 54.3 cm³/mol. The first-order chi connectivity index (χ1) is 6.77. The summed E-state index contributed by atoms with van der Waals surface area (Å²) in [5.41, 5.74) is 0.886. The van der Waals surface area contributed by atoms with Gasteiger partial charge in [0, 0.05) is 18.3 Å². The summed E-state index contributed by atoms with van der Waals surface area (Å²) in [5.74, 6) is -0.106. The van der Waals surface area contributed by atoms with Gasteiger partial charge in [0.05, 0.1) is 12.2 Å². The first kappa shape index (κ1) is 9.21. The number of hydrogen-bond donors (Lipinski definition) is 1. The zero-order valence-corrected chi connectivity index (χ0v) is 8.34. The molecule has 4 nitrogen and oxygen atoms in total. The van der Waals surface area contributed by atoms with E-state index < -0.39 is 0 Å². The third-order valence-electron chi connectivity index (χ3n) is 2.12. The van der Waals surface area contributed by atoms with Crippen molar-refractivity contribution in [2.24, 2.45) is 0 Å². The van der Waals surface area contributed by atoms with Crippen LogP contribution < -0.4 is 10.2 Å². The molecule has 2 rings (SSSR count). The van der Waals surface area contributed by atoms with Crippen LogP contribution in [-0.4, -0.2) is 24.9 Å². The Balaban J connectivity index is 2.18. The fourth-order valence-corrected chi connectivity index (χ4v) is 2.02. The lowest BCUT2D eigenvalue weighted by Crippen LogP contribution is -2.34. The lowest BCUT2D eigenvalue weighted by atomic mass is 10.3. The van der Waals surface area contributed by atoms with Gasteiger partial charge in [-0.15, -0.1) is 0 Å². The minimum atomic E-state index is -0.0592. The first-order valence-electron chi connectivity index (χ1n) is 4.36. The van der Waals surface area contributed by atoms with Crippen molar-refractivity contribution in [3.05, 3.63) is 16.8 Å². The molecule has 74 valence electrons. The Hall–Kier alpha value is -1.36. The van der Waals surface area contributed by atoms with Gasteiger partial charge >= 0.3 is 0 Å². The van der Waals surface area contributed by atoms with Crippen molar-refractivity contribution in [2.45, 2.75) is 6.42 Å². The number of rotatable bonds is 1. The van der Waals surface area contributed by atoms with Gasteiger partial charge in [-0.1, -0.05) is 0 Å². The van der Waals surface area contributed by atoms with Gasteiger partial charge in [0.25, 0.3) is 0 Å². The molecule has 5 heteroatoms. The zero-order valence-electron chi connectivity index (χ0n) is 7.53. The van der Waals surface area contributed by atoms with Gasteiger partial charge in [0.1, 0.15) is 0 Å². The highest BCUT2D eigenvalue weighted by atomic mass is 32.1. The van der Waals surface area contributed by atoms with Crippen LogP contribution in [-0.2, 0) is 9.59 Å². The Bertz CT molecular complexity index is 348. The van der Waals surface area contributed by atoms with Crippen LogP contribution in [0.5, 0.6) is 0 Å². The maximum absolute atomic E-state index is 11.6. The zero-order chi connectivity index (χ0) is 9.97. The third kappa shape index (κ3) is 1.77. The van der Waals surface area contributed by atoms with Crippen molar-refractivity contribution in [1.29, 1.82) is 0 Å². The minimum absolute atomic E-state index is 0.0470. The van der Waals surface area contributed by atoms with Crippen LogP contribution >= 0.6 is 11.3 Å². The Morgan fingerprint density at radius 2 is 2.29 bits per heavy atom. The van der Waals surface area contributed by atoms with E-state index in [4.69, 9.17) is 0 Å². The van der Waals surface area contributed by atoms with Gasteiger partial charge in [-0.2, -0.15) is 11.3 Å². The number of nitrogens with one attached hydrogen (secondary N) is 1. The molecule has 0 unspecified atom stereocenters. The number of anilines is 1. The number of carbonyl (C=O) groups is 2. The van der Waals surface area contributed by atoms with Gasteiger partial charge in [-0.3, -0.25) is 9.59 Å². The SMILES string of the molecule is O=C1CCN(c2ccsc2)C(=O)CN1. The average molecular weight is 210 g/mol. The summed E-state index contributed by atoms with van der Waals surface area (Å²) in [6, 6.07) is 1.89. The van der Waals surface area contributed by atoms with Crippen LogP contribution in [0.25, 0.3) is 0 Å². The number of amides is 2. The first-order valence-corrected chi connectivity index (χ1v) is 5.31. The van der Waals surface area contributed by atoms with E-state index in [2.05, 4.69) is 5.32 Å². The van der Waals surface area contributed by atoms with Crippen molar-refractivity contribution >= 4 is 28.8 Å². The fourth-order valence-electron chi connectivity index (χ4n) is 1.38. The molecule has 0 saturated carbocycles. The maximum atomic E-state index is 11.6. The second kappa shape index (κ2) is 3.79. The van der Waals surface area contributed by atoms with Crippen molar-refractivity contribution in [2.75, 3.05) is 18.0 Å². The summed E-state index contributed by atoms with van der Waals surface area (Å²) in [6.07, 6.45) is 0.377. The molecule has 1 aromatic rings. The van der Waals surface area contributed by atoms with Crippen LogP contribution in [0.1, 0.15) is 6.42 Å². The monoisotopic (exact) mass is 210 g/mol. The highest BCUT2D eigenvalue weighted by molar-refractivity contribution is 7.08. The van der Waals surface area contributed by atoms with Crippen LogP contribution in [0.4, 0.5) is 5.69 Å². The summed E-state index contributed by atoms with van der Waals surface area (Å²) >= 11 is 1.54. The fraction of sp³-hybridized carbons (Fsp3) is 0.333. The van der Waals surface area contributed by atoms with E-state index in [0.29, 0.717) is 13.0 Å². The molecule has 0 spiro atoms. The summed E-state index contributed by atoms with van der Waals surface area (Å²) < 4.78 is 0. The Kier molecular flexibility index (Phi) is 2.49. The number of hydrogen-bond acceptors (Lipinski definition) is 3. The van der Waals surface area contributed by atoms with Crippen LogP contribution in [0.3, 0.4) is 0 Å². The lowest BCUT2D eigenvalue weighted by molar-refractivity contribution is -0.123. The second-order valence-electron chi connectivity index (χ2n) is 3.05. The van der Waals surface area contributed by atoms with E-state index in [1.54, 1.807) is 16.2 Å². The van der Waals surface area contributed by atoms with Gasteiger partial charge in [0.2, 0.25) is 11.8 Å². The largest absolute Gasteiger partial charge is 0.347 e. The van der Waals surface area contributed by atoms with Crippen molar-refractivity contribution in [3.8, 4) is 0 Å². The molecule has 1 aromatic heterocycles. The summed E-state index contributed by atoms with van der Waals surface area (Å²) in [4.78, 5) is 24.3. The van der Waals surface area contributed by atoms with Crippen LogP contribution in [0.2, 0.25) is 0 Å². The molecule has 2 heterocycles. The van der Waals surface area contributed by atoms with E-state index in [1.807, 2.05) is 16.8 Å².